The van der Waals surface area contributed by atoms with Crippen LogP contribution in [0.15, 0.2) is 97.2 Å². The van der Waals surface area contributed by atoms with Gasteiger partial charge in [0.1, 0.15) is 19.3 Å². The lowest BCUT2D eigenvalue weighted by atomic mass is 10.1. The summed E-state index contributed by atoms with van der Waals surface area (Å²) < 4.78 is 30.1. The van der Waals surface area contributed by atoms with Crippen molar-refractivity contribution in [1.82, 2.24) is 5.32 Å². The zero-order valence-corrected chi connectivity index (χ0v) is 45.9. The first kappa shape index (κ1) is 65.9. The second-order valence-electron chi connectivity index (χ2n) is 19.5. The summed E-state index contributed by atoms with van der Waals surface area (Å²) in [6.07, 6.45) is 63.7. The van der Waals surface area contributed by atoms with Crippen LogP contribution in [-0.2, 0) is 27.9 Å². The number of amides is 1. The average molecular weight is 983 g/mol. The van der Waals surface area contributed by atoms with E-state index in [1.165, 1.54) is 96.3 Å². The number of nitrogens with one attached hydrogen (secondary N) is 1. The molecule has 69 heavy (non-hydrogen) atoms. The van der Waals surface area contributed by atoms with Gasteiger partial charge in [-0.1, -0.05) is 221 Å². The lowest BCUT2D eigenvalue weighted by Crippen LogP contribution is -2.47. The van der Waals surface area contributed by atoms with Crippen molar-refractivity contribution in [3.8, 4) is 0 Å². The highest BCUT2D eigenvalue weighted by atomic mass is 31.2. The smallest absolute Gasteiger partial charge is 0.306 e. The molecule has 0 aliphatic heterocycles. The maximum absolute atomic E-state index is 13.4. The molecule has 0 aromatic carbocycles. The van der Waals surface area contributed by atoms with Gasteiger partial charge in [-0.05, 0) is 76.7 Å². The minimum absolute atomic E-state index is 0.0385. The summed E-state index contributed by atoms with van der Waals surface area (Å²) in [5.74, 6) is -0.618. The maximum Gasteiger partial charge on any atom is 0.306 e. The Labute approximate surface area is 424 Å². The summed E-state index contributed by atoms with van der Waals surface area (Å²) in [5, 5.41) is 2.98. The summed E-state index contributed by atoms with van der Waals surface area (Å²) in [6, 6.07) is -0.921. The van der Waals surface area contributed by atoms with Crippen LogP contribution < -0.4 is 10.2 Å². The number of quaternary nitrogens is 1. The molecule has 0 spiro atoms. The third-order valence-corrected chi connectivity index (χ3v) is 12.6. The number of allylic oxidation sites excluding steroid dienone is 15. The molecule has 0 fully saturated rings. The van der Waals surface area contributed by atoms with Gasteiger partial charge in [0.25, 0.3) is 7.82 Å². The molecule has 9 nitrogen and oxygen atoms in total. The average Bonchev–Trinajstić information content (AvgIpc) is 3.31. The van der Waals surface area contributed by atoms with Gasteiger partial charge in [-0.2, -0.15) is 0 Å². The van der Waals surface area contributed by atoms with Crippen LogP contribution in [0.1, 0.15) is 213 Å². The molecule has 396 valence electrons. The normalized spacial score (nSPS) is 14.6. The molecule has 0 aromatic rings. The van der Waals surface area contributed by atoms with Crippen molar-refractivity contribution in [1.29, 1.82) is 0 Å². The van der Waals surface area contributed by atoms with Crippen molar-refractivity contribution in [2.45, 2.75) is 226 Å². The van der Waals surface area contributed by atoms with E-state index in [-0.39, 0.29) is 31.3 Å². The Morgan fingerprint density at radius 2 is 0.942 bits per heavy atom. The third kappa shape index (κ3) is 49.7. The Morgan fingerprint density at radius 1 is 0.522 bits per heavy atom. The van der Waals surface area contributed by atoms with Crippen molar-refractivity contribution in [3.63, 3.8) is 0 Å². The number of unbranched alkanes of at least 4 members (excludes halogenated alkanes) is 23. The van der Waals surface area contributed by atoms with Gasteiger partial charge >= 0.3 is 5.97 Å². The number of phosphoric ester groups is 1. The van der Waals surface area contributed by atoms with Crippen molar-refractivity contribution < 1.29 is 37.3 Å². The van der Waals surface area contributed by atoms with Crippen molar-refractivity contribution >= 4 is 19.7 Å². The van der Waals surface area contributed by atoms with Gasteiger partial charge in [-0.25, -0.2) is 0 Å². The first-order chi connectivity index (χ1) is 33.4. The largest absolute Gasteiger partial charge is 0.756 e. The zero-order valence-electron chi connectivity index (χ0n) is 45.0. The topological polar surface area (TPSA) is 114 Å². The van der Waals surface area contributed by atoms with Crippen LogP contribution in [0.2, 0.25) is 0 Å². The number of nitrogens with zero attached hydrogens (tertiary/aromatic N) is 1. The number of likely N-dealkylation sites (N-methyl/N-ethyl adjacent to an activating group) is 1. The minimum atomic E-state index is -4.71. The second kappa shape index (κ2) is 48.6. The fourth-order valence-corrected chi connectivity index (χ4v) is 8.09. The number of phosphoric acid groups is 1. The van der Waals surface area contributed by atoms with E-state index in [4.69, 9.17) is 13.8 Å². The molecule has 0 saturated heterocycles. The maximum atomic E-state index is 13.4. The molecule has 0 aliphatic rings. The quantitative estimate of drug-likeness (QED) is 0.0161. The molecule has 1 amide bonds. The fourth-order valence-electron chi connectivity index (χ4n) is 7.37. The van der Waals surface area contributed by atoms with Gasteiger partial charge in [0.2, 0.25) is 5.91 Å². The number of hydrogen-bond donors (Lipinski definition) is 1. The molecule has 0 saturated carbocycles. The molecule has 3 unspecified atom stereocenters. The van der Waals surface area contributed by atoms with E-state index in [1.54, 1.807) is 0 Å². The Hall–Kier alpha value is -3.07. The summed E-state index contributed by atoms with van der Waals surface area (Å²) in [4.78, 5) is 39.8. The van der Waals surface area contributed by atoms with Crippen LogP contribution in [-0.4, -0.2) is 69.4 Å². The summed E-state index contributed by atoms with van der Waals surface area (Å²) in [6.45, 7) is 6.62. The number of carbonyl (C=O) groups is 2. The number of esters is 1. The molecular formula is C59H103N2O7P. The lowest BCUT2D eigenvalue weighted by Gasteiger charge is -2.30. The number of rotatable bonds is 48. The summed E-state index contributed by atoms with van der Waals surface area (Å²) in [5.41, 5.74) is 0. The van der Waals surface area contributed by atoms with Crippen molar-refractivity contribution in [3.05, 3.63) is 97.2 Å². The molecule has 3 atom stereocenters. The van der Waals surface area contributed by atoms with E-state index in [2.05, 4.69) is 50.4 Å². The van der Waals surface area contributed by atoms with Crippen molar-refractivity contribution in [2.75, 3.05) is 40.9 Å². The van der Waals surface area contributed by atoms with E-state index >= 15 is 0 Å². The molecule has 0 aliphatic carbocycles. The predicted molar refractivity (Wildman–Crippen MR) is 293 cm³/mol. The first-order valence-corrected chi connectivity index (χ1v) is 29.1. The van der Waals surface area contributed by atoms with Crippen LogP contribution in [0.4, 0.5) is 0 Å². The number of carbonyl (C=O) groups excluding carboxylic acids is 2. The molecule has 0 rings (SSSR count). The highest BCUT2D eigenvalue weighted by Crippen LogP contribution is 2.38. The van der Waals surface area contributed by atoms with E-state index < -0.39 is 26.6 Å². The van der Waals surface area contributed by atoms with E-state index in [0.717, 1.165) is 70.6 Å². The van der Waals surface area contributed by atoms with E-state index in [9.17, 15) is 19.0 Å². The van der Waals surface area contributed by atoms with Gasteiger partial charge in [0, 0.05) is 12.8 Å². The highest BCUT2D eigenvalue weighted by molar-refractivity contribution is 7.45. The number of ether oxygens (including phenoxy) is 1. The van der Waals surface area contributed by atoms with Gasteiger partial charge < -0.3 is 28.5 Å². The standard InChI is InChI=1S/C59H103N2O7P/c1-7-10-13-16-19-22-25-28-30-31-32-33-36-39-42-45-48-51-58(62)60-56(55-67-69(64,65)66-54-53-61(4,5)6)57(50-47-44-41-38-35-27-24-21-18-15-12-9-3)68-59(63)52-49-46-43-40-37-34-29-26-23-20-17-14-11-8-2/h10,13,16,19,22,25,28,30-34,36-37,47,50,56-57H,7-9,11-12,14-15,17-18,20-21,23-24,26-27,29,35,38-46,48-49,51-55H2,1-6H3,(H-,60,62,64,65)/b13-10-,19-16+,25-22+,30-28-,32-31+,36-33+,37-34-,50-47+. The van der Waals surface area contributed by atoms with Crippen LogP contribution >= 0.6 is 7.82 Å². The molecular weight excluding hydrogens is 880 g/mol. The third-order valence-electron chi connectivity index (χ3n) is 11.7. The monoisotopic (exact) mass is 983 g/mol. The molecule has 10 heteroatoms. The van der Waals surface area contributed by atoms with Gasteiger partial charge in [-0.3, -0.25) is 14.2 Å². The second-order valence-corrected chi connectivity index (χ2v) is 20.9. The fraction of sp³-hybridized carbons (Fsp3) is 0.695. The number of hydrogen-bond acceptors (Lipinski definition) is 7. The highest BCUT2D eigenvalue weighted by Gasteiger charge is 2.27. The van der Waals surface area contributed by atoms with Crippen LogP contribution in [0.5, 0.6) is 0 Å². The first-order valence-electron chi connectivity index (χ1n) is 27.6. The predicted octanol–water partition coefficient (Wildman–Crippen LogP) is 15.8. The van der Waals surface area contributed by atoms with Gasteiger partial charge in [0.05, 0.1) is 33.8 Å². The SMILES string of the molecule is CC\C=C/C=C/C=C/C=C\C=C\C=C\CCCCCC(=O)NC(COP(=O)([O-])OCC[N+](C)(C)C)C(/C=C/CCCCCCCCCCCC)OC(=O)CCCCC/C=C\CCCCCCCCC. The van der Waals surface area contributed by atoms with Crippen LogP contribution in [0, 0.1) is 0 Å². The van der Waals surface area contributed by atoms with E-state index in [1.807, 2.05) is 94.1 Å². The van der Waals surface area contributed by atoms with Crippen LogP contribution in [0.25, 0.3) is 0 Å². The molecule has 1 N–H and O–H groups in total. The zero-order chi connectivity index (χ0) is 50.8. The Balaban J connectivity index is 5.52. The minimum Gasteiger partial charge on any atom is -0.756 e. The van der Waals surface area contributed by atoms with Gasteiger partial charge in [-0.15, -0.1) is 0 Å². The van der Waals surface area contributed by atoms with Gasteiger partial charge in [0.15, 0.2) is 0 Å². The molecule has 0 heterocycles. The Kier molecular flexibility index (Phi) is 46.4. The Morgan fingerprint density at radius 3 is 1.43 bits per heavy atom. The van der Waals surface area contributed by atoms with Crippen LogP contribution in [0.3, 0.4) is 0 Å². The molecule has 0 bridgehead atoms. The Bertz CT molecular complexity index is 1510. The molecule has 0 radical (unpaired) electrons. The molecule has 0 aromatic heterocycles. The van der Waals surface area contributed by atoms with E-state index in [0.29, 0.717) is 23.9 Å². The summed E-state index contributed by atoms with van der Waals surface area (Å²) >= 11 is 0. The summed E-state index contributed by atoms with van der Waals surface area (Å²) in [7, 11) is 1.13. The van der Waals surface area contributed by atoms with Crippen molar-refractivity contribution in [2.24, 2.45) is 0 Å². The lowest BCUT2D eigenvalue weighted by molar-refractivity contribution is -0.870.